The van der Waals surface area contributed by atoms with Crippen molar-refractivity contribution in [3.05, 3.63) is 0 Å². The predicted molar refractivity (Wildman–Crippen MR) is 54.7 cm³/mol. The Balaban J connectivity index is 2.23. The minimum Gasteiger partial charge on any atom is -0.462 e. The van der Waals surface area contributed by atoms with E-state index in [4.69, 9.17) is 4.74 Å². The van der Waals surface area contributed by atoms with E-state index < -0.39 is 0 Å². The van der Waals surface area contributed by atoms with Gasteiger partial charge in [0.1, 0.15) is 6.10 Å². The molecule has 1 saturated carbocycles. The molecule has 0 bridgehead atoms. The van der Waals surface area contributed by atoms with Crippen molar-refractivity contribution in [2.45, 2.75) is 46.6 Å². The molecule has 3 atom stereocenters. The van der Waals surface area contributed by atoms with Gasteiger partial charge in [-0.1, -0.05) is 20.8 Å². The highest BCUT2D eigenvalue weighted by atomic mass is 16.5. The second-order valence-corrected chi connectivity index (χ2v) is 5.37. The quantitative estimate of drug-likeness (QED) is 0.603. The third-order valence-corrected chi connectivity index (χ3v) is 4.37. The largest absolute Gasteiger partial charge is 0.462 e. The van der Waals surface area contributed by atoms with Crippen LogP contribution in [0.2, 0.25) is 0 Å². The van der Waals surface area contributed by atoms with Gasteiger partial charge in [-0.25, -0.2) is 0 Å². The van der Waals surface area contributed by atoms with Gasteiger partial charge in [0.15, 0.2) is 0 Å². The summed E-state index contributed by atoms with van der Waals surface area (Å²) in [6, 6.07) is 0. The van der Waals surface area contributed by atoms with Gasteiger partial charge in [0.2, 0.25) is 0 Å². The maximum atomic E-state index is 11.7. The Morgan fingerprint density at radius 2 is 1.93 bits per heavy atom. The van der Waals surface area contributed by atoms with E-state index in [-0.39, 0.29) is 18.0 Å². The van der Waals surface area contributed by atoms with Crippen molar-refractivity contribution >= 4 is 5.97 Å². The highest BCUT2D eigenvalue weighted by molar-refractivity contribution is 5.74. The van der Waals surface area contributed by atoms with Crippen LogP contribution in [0.4, 0.5) is 0 Å². The molecular weight excluding hydrogens is 176 g/mol. The Kier molecular flexibility index (Phi) is 2.13. The Morgan fingerprint density at radius 3 is 2.36 bits per heavy atom. The van der Waals surface area contributed by atoms with E-state index in [1.165, 1.54) is 12.8 Å². The summed E-state index contributed by atoms with van der Waals surface area (Å²) in [5, 5.41) is 0. The van der Waals surface area contributed by atoms with E-state index in [0.717, 1.165) is 0 Å². The van der Waals surface area contributed by atoms with Crippen LogP contribution in [0.25, 0.3) is 0 Å². The topological polar surface area (TPSA) is 26.3 Å². The lowest BCUT2D eigenvalue weighted by Gasteiger charge is -2.41. The van der Waals surface area contributed by atoms with E-state index in [9.17, 15) is 4.79 Å². The molecule has 0 N–H and O–H groups in total. The molecule has 0 amide bonds. The van der Waals surface area contributed by atoms with Crippen molar-refractivity contribution in [1.82, 2.24) is 0 Å². The van der Waals surface area contributed by atoms with Crippen LogP contribution >= 0.6 is 0 Å². The molecule has 2 fully saturated rings. The van der Waals surface area contributed by atoms with Crippen LogP contribution in [0.5, 0.6) is 0 Å². The number of carbonyl (C=O) groups excluding carboxylic acids is 1. The summed E-state index contributed by atoms with van der Waals surface area (Å²) >= 11 is 0. The summed E-state index contributed by atoms with van der Waals surface area (Å²) < 4.78 is 5.47. The Bertz CT molecular complexity index is 253. The first-order valence-corrected chi connectivity index (χ1v) is 5.69. The van der Waals surface area contributed by atoms with Gasteiger partial charge in [-0.3, -0.25) is 4.79 Å². The van der Waals surface area contributed by atoms with Crippen molar-refractivity contribution in [2.24, 2.45) is 23.2 Å². The molecule has 0 aromatic rings. The molecule has 80 valence electrons. The van der Waals surface area contributed by atoms with Crippen LogP contribution in [0.15, 0.2) is 0 Å². The molecule has 2 nitrogen and oxygen atoms in total. The molecule has 1 saturated heterocycles. The fourth-order valence-corrected chi connectivity index (χ4v) is 3.16. The minimum atomic E-state index is 0.0255. The van der Waals surface area contributed by atoms with Crippen LogP contribution in [-0.4, -0.2) is 12.1 Å². The van der Waals surface area contributed by atoms with E-state index in [2.05, 4.69) is 27.7 Å². The first kappa shape index (κ1) is 10.0. The molecule has 2 unspecified atom stereocenters. The molecule has 0 aromatic heterocycles. The zero-order chi connectivity index (χ0) is 10.5. The van der Waals surface area contributed by atoms with Crippen LogP contribution < -0.4 is 0 Å². The summed E-state index contributed by atoms with van der Waals surface area (Å²) in [5.41, 5.74) is 0.336. The van der Waals surface area contributed by atoms with Crippen LogP contribution in [-0.2, 0) is 9.53 Å². The molecule has 1 heterocycles. The molecule has 2 aliphatic rings. The number of hydrogen-bond donors (Lipinski definition) is 0. The average molecular weight is 196 g/mol. The molecule has 1 spiro atoms. The van der Waals surface area contributed by atoms with E-state index >= 15 is 0 Å². The summed E-state index contributed by atoms with van der Waals surface area (Å²) in [4.78, 5) is 11.7. The molecule has 2 heteroatoms. The van der Waals surface area contributed by atoms with Crippen molar-refractivity contribution in [3.63, 3.8) is 0 Å². The standard InChI is InChI=1S/C12H20O2/c1-7(2)10-8(3)12(5-6-12)9(4)14-11(10)13/h7-10H,5-6H2,1-4H3/t8?,9-,10?/m1/s1. The highest BCUT2D eigenvalue weighted by Gasteiger charge is 2.60. The zero-order valence-corrected chi connectivity index (χ0v) is 9.54. The Hall–Kier alpha value is -0.530. The molecule has 1 aliphatic carbocycles. The SMILES string of the molecule is CC(C)C1C(=O)O[C@H](C)C2(CC2)C1C. The van der Waals surface area contributed by atoms with Gasteiger partial charge in [-0.15, -0.1) is 0 Å². The predicted octanol–water partition coefficient (Wildman–Crippen LogP) is 2.62. The summed E-state index contributed by atoms with van der Waals surface area (Å²) in [7, 11) is 0. The number of esters is 1. The monoisotopic (exact) mass is 196 g/mol. The maximum Gasteiger partial charge on any atom is 0.309 e. The van der Waals surface area contributed by atoms with Crippen LogP contribution in [0.1, 0.15) is 40.5 Å². The lowest BCUT2D eigenvalue weighted by Crippen LogP contribution is -2.46. The zero-order valence-electron chi connectivity index (χ0n) is 9.54. The van der Waals surface area contributed by atoms with Crippen molar-refractivity contribution in [3.8, 4) is 0 Å². The van der Waals surface area contributed by atoms with Crippen molar-refractivity contribution < 1.29 is 9.53 Å². The van der Waals surface area contributed by atoms with Crippen molar-refractivity contribution in [2.75, 3.05) is 0 Å². The summed E-state index contributed by atoms with van der Waals surface area (Å²) in [6.07, 6.45) is 2.62. The van der Waals surface area contributed by atoms with E-state index in [1.807, 2.05) is 0 Å². The Morgan fingerprint density at radius 1 is 1.36 bits per heavy atom. The number of hydrogen-bond acceptors (Lipinski definition) is 2. The third kappa shape index (κ3) is 1.19. The number of cyclic esters (lactones) is 1. The summed E-state index contributed by atoms with van der Waals surface area (Å²) in [5.74, 6) is 1.05. The number of carbonyl (C=O) groups is 1. The molecule has 1 aliphatic heterocycles. The van der Waals surface area contributed by atoms with E-state index in [0.29, 0.717) is 17.3 Å². The fraction of sp³-hybridized carbons (Fsp3) is 0.917. The first-order valence-electron chi connectivity index (χ1n) is 5.69. The second-order valence-electron chi connectivity index (χ2n) is 5.37. The van der Waals surface area contributed by atoms with Gasteiger partial charge >= 0.3 is 5.97 Å². The van der Waals surface area contributed by atoms with Crippen LogP contribution in [0.3, 0.4) is 0 Å². The van der Waals surface area contributed by atoms with Gasteiger partial charge < -0.3 is 4.74 Å². The Labute approximate surface area is 86.0 Å². The lowest BCUT2D eigenvalue weighted by atomic mass is 9.71. The minimum absolute atomic E-state index is 0.0255. The first-order chi connectivity index (χ1) is 6.49. The smallest absolute Gasteiger partial charge is 0.309 e. The van der Waals surface area contributed by atoms with Gasteiger partial charge in [0, 0.05) is 5.41 Å². The normalized spacial score (nSPS) is 40.1. The number of ether oxygens (including phenoxy) is 1. The molecule has 14 heavy (non-hydrogen) atoms. The van der Waals surface area contributed by atoms with Gasteiger partial charge in [-0.2, -0.15) is 0 Å². The molecular formula is C12H20O2. The van der Waals surface area contributed by atoms with Gasteiger partial charge in [0.05, 0.1) is 5.92 Å². The fourth-order valence-electron chi connectivity index (χ4n) is 3.16. The number of rotatable bonds is 1. The third-order valence-electron chi connectivity index (χ3n) is 4.37. The van der Waals surface area contributed by atoms with Gasteiger partial charge in [-0.05, 0) is 31.6 Å². The maximum absolute atomic E-state index is 11.7. The molecule has 0 aromatic carbocycles. The lowest BCUT2D eigenvalue weighted by molar-refractivity contribution is -0.175. The average Bonchev–Trinajstić information content (AvgIpc) is 2.80. The highest BCUT2D eigenvalue weighted by Crippen LogP contribution is 2.60. The van der Waals surface area contributed by atoms with Crippen LogP contribution in [0, 0.1) is 23.2 Å². The molecule has 0 radical (unpaired) electrons. The summed E-state index contributed by atoms with van der Waals surface area (Å²) in [6.45, 7) is 8.52. The van der Waals surface area contributed by atoms with Gasteiger partial charge in [0.25, 0.3) is 0 Å². The van der Waals surface area contributed by atoms with E-state index in [1.54, 1.807) is 0 Å². The molecule has 2 rings (SSSR count). The van der Waals surface area contributed by atoms with Crippen molar-refractivity contribution in [1.29, 1.82) is 0 Å². The second kappa shape index (κ2) is 2.98.